The minimum absolute atomic E-state index is 0.0170. The van der Waals surface area contributed by atoms with Crippen molar-refractivity contribution in [2.45, 2.75) is 11.3 Å². The van der Waals surface area contributed by atoms with Crippen molar-refractivity contribution in [3.05, 3.63) is 87.4 Å². The summed E-state index contributed by atoms with van der Waals surface area (Å²) in [6.07, 6.45) is -4.57. The van der Waals surface area contributed by atoms with Gasteiger partial charge in [0.15, 0.2) is 0 Å². The van der Waals surface area contributed by atoms with Crippen LogP contribution in [0, 0.1) is 0 Å². The number of nitrogens with one attached hydrogen (secondary N) is 1. The van der Waals surface area contributed by atoms with Crippen LogP contribution in [0.2, 0.25) is 15.1 Å². The Balaban J connectivity index is 1.56. The van der Waals surface area contributed by atoms with E-state index in [1.165, 1.54) is 0 Å². The maximum absolute atomic E-state index is 13.0. The largest absolute Gasteiger partial charge is 0.416 e. The average molecular weight is 570 g/mol. The topological polar surface area (TPSA) is 67.8 Å². The molecule has 4 rings (SSSR count). The first-order chi connectivity index (χ1) is 17.1. The number of benzene rings is 3. The molecule has 0 fully saturated rings. The molecule has 0 radical (unpaired) electrons. The number of thioether (sulfide) groups is 1. The molecule has 1 amide bonds. The Morgan fingerprint density at radius 1 is 0.833 bits per heavy atom. The third kappa shape index (κ3) is 6.47. The van der Waals surface area contributed by atoms with Crippen molar-refractivity contribution in [2.75, 3.05) is 11.1 Å². The molecular weight excluding hydrogens is 556 g/mol. The molecule has 4 aromatic rings. The van der Waals surface area contributed by atoms with E-state index in [1.54, 1.807) is 48.5 Å². The molecule has 3 aromatic carbocycles. The third-order valence-electron chi connectivity index (χ3n) is 4.80. The van der Waals surface area contributed by atoms with Crippen LogP contribution in [-0.2, 0) is 11.0 Å². The van der Waals surface area contributed by atoms with Gasteiger partial charge in [0.1, 0.15) is 11.4 Å². The minimum atomic E-state index is -4.57. The van der Waals surface area contributed by atoms with Crippen LogP contribution < -0.4 is 5.32 Å². The van der Waals surface area contributed by atoms with Gasteiger partial charge in [-0.25, -0.2) is 4.98 Å². The first-order valence-electron chi connectivity index (χ1n) is 10.2. The van der Waals surface area contributed by atoms with E-state index in [9.17, 15) is 18.0 Å². The molecule has 0 aliphatic rings. The van der Waals surface area contributed by atoms with Gasteiger partial charge in [-0.1, -0.05) is 70.8 Å². The van der Waals surface area contributed by atoms with Crippen LogP contribution in [-0.4, -0.2) is 26.8 Å². The summed E-state index contributed by atoms with van der Waals surface area (Å²) in [6, 6.07) is 16.7. The maximum Gasteiger partial charge on any atom is 0.416 e. The number of alkyl halides is 3. The standard InChI is InChI=1S/C24H14Cl3F3N4OS/c25-16-6-1-13(2-7-16)21-22(14-3-8-17(26)9-4-14)33-34-23(32-21)36-12-20(35)31-19-11-15(24(28,29)30)5-10-18(19)27/h1-11H,12H2,(H,31,35). The number of halogens is 6. The summed E-state index contributed by atoms with van der Waals surface area (Å²) in [5.41, 5.74) is 1.40. The van der Waals surface area contributed by atoms with Crippen LogP contribution in [0.1, 0.15) is 5.56 Å². The number of amides is 1. The molecule has 0 aliphatic heterocycles. The number of carbonyl (C=O) groups excluding carboxylic acids is 1. The lowest BCUT2D eigenvalue weighted by Crippen LogP contribution is -2.16. The summed E-state index contributed by atoms with van der Waals surface area (Å²) in [7, 11) is 0. The number of anilines is 1. The highest BCUT2D eigenvalue weighted by molar-refractivity contribution is 7.99. The zero-order chi connectivity index (χ0) is 25.9. The Kier molecular flexibility index (Phi) is 8.04. The van der Waals surface area contributed by atoms with E-state index in [4.69, 9.17) is 34.8 Å². The summed E-state index contributed by atoms with van der Waals surface area (Å²) >= 11 is 18.9. The van der Waals surface area contributed by atoms with E-state index in [-0.39, 0.29) is 21.6 Å². The second-order valence-corrected chi connectivity index (χ2v) is 9.56. The molecule has 0 spiro atoms. The minimum Gasteiger partial charge on any atom is -0.324 e. The molecule has 0 saturated heterocycles. The van der Waals surface area contributed by atoms with Gasteiger partial charge >= 0.3 is 6.18 Å². The lowest BCUT2D eigenvalue weighted by molar-refractivity contribution is -0.137. The number of hydrogen-bond acceptors (Lipinski definition) is 5. The zero-order valence-corrected chi connectivity index (χ0v) is 21.1. The molecule has 0 saturated carbocycles. The van der Waals surface area contributed by atoms with E-state index < -0.39 is 17.6 Å². The first kappa shape index (κ1) is 26.2. The lowest BCUT2D eigenvalue weighted by Gasteiger charge is -2.12. The Morgan fingerprint density at radius 2 is 1.42 bits per heavy atom. The van der Waals surface area contributed by atoms with Gasteiger partial charge in [-0.2, -0.15) is 13.2 Å². The van der Waals surface area contributed by atoms with E-state index in [2.05, 4.69) is 20.5 Å². The third-order valence-corrected chi connectivity index (χ3v) is 6.47. The molecule has 5 nitrogen and oxygen atoms in total. The van der Waals surface area contributed by atoms with Crippen LogP contribution in [0.5, 0.6) is 0 Å². The molecule has 1 aromatic heterocycles. The van der Waals surface area contributed by atoms with Crippen molar-refractivity contribution in [3.8, 4) is 22.5 Å². The van der Waals surface area contributed by atoms with Crippen LogP contribution in [0.3, 0.4) is 0 Å². The molecule has 184 valence electrons. The van der Waals surface area contributed by atoms with Crippen LogP contribution >= 0.6 is 46.6 Å². The van der Waals surface area contributed by atoms with E-state index in [1.807, 2.05) is 0 Å². The van der Waals surface area contributed by atoms with Crippen molar-refractivity contribution in [2.24, 2.45) is 0 Å². The average Bonchev–Trinajstić information content (AvgIpc) is 2.84. The first-order valence-corrected chi connectivity index (χ1v) is 12.3. The summed E-state index contributed by atoms with van der Waals surface area (Å²) in [4.78, 5) is 17.0. The molecule has 0 atom stereocenters. The number of hydrogen-bond donors (Lipinski definition) is 1. The molecular formula is C24H14Cl3F3N4OS. The Hall–Kier alpha value is -2.85. The smallest absolute Gasteiger partial charge is 0.324 e. The van der Waals surface area contributed by atoms with Gasteiger partial charge in [-0.15, -0.1) is 10.2 Å². The fourth-order valence-electron chi connectivity index (χ4n) is 3.10. The van der Waals surface area contributed by atoms with Gasteiger partial charge in [-0.05, 0) is 42.5 Å². The summed E-state index contributed by atoms with van der Waals surface area (Å²) in [6.45, 7) is 0. The second-order valence-electron chi connectivity index (χ2n) is 7.33. The molecule has 12 heteroatoms. The van der Waals surface area contributed by atoms with Gasteiger partial charge in [0.2, 0.25) is 11.1 Å². The van der Waals surface area contributed by atoms with E-state index >= 15 is 0 Å². The number of aromatic nitrogens is 3. The lowest BCUT2D eigenvalue weighted by atomic mass is 10.0. The number of rotatable bonds is 6. The second kappa shape index (κ2) is 11.0. The van der Waals surface area contributed by atoms with Gasteiger partial charge in [0.05, 0.1) is 22.0 Å². The Labute approximate surface area is 223 Å². The monoisotopic (exact) mass is 568 g/mol. The fraction of sp³-hybridized carbons (Fsp3) is 0.0833. The SMILES string of the molecule is O=C(CSc1nnc(-c2ccc(Cl)cc2)c(-c2ccc(Cl)cc2)n1)Nc1cc(C(F)(F)F)ccc1Cl. The molecule has 1 N–H and O–H groups in total. The molecule has 0 unspecified atom stereocenters. The highest BCUT2D eigenvalue weighted by atomic mass is 35.5. The quantitative estimate of drug-likeness (QED) is 0.239. The molecule has 0 bridgehead atoms. The zero-order valence-electron chi connectivity index (χ0n) is 18.0. The summed E-state index contributed by atoms with van der Waals surface area (Å²) < 4.78 is 39.0. The van der Waals surface area contributed by atoms with Crippen LogP contribution in [0.25, 0.3) is 22.5 Å². The predicted octanol–water partition coefficient (Wildman–Crippen LogP) is 7.92. The fourth-order valence-corrected chi connectivity index (χ4v) is 4.10. The molecule has 36 heavy (non-hydrogen) atoms. The molecule has 1 heterocycles. The molecule has 0 aliphatic carbocycles. The number of carbonyl (C=O) groups is 1. The Bertz CT molecular complexity index is 1400. The van der Waals surface area contributed by atoms with Gasteiger partial charge in [-0.3, -0.25) is 4.79 Å². The van der Waals surface area contributed by atoms with Crippen molar-refractivity contribution >= 4 is 58.2 Å². The Morgan fingerprint density at radius 3 is 2.00 bits per heavy atom. The number of nitrogens with zero attached hydrogens (tertiary/aromatic N) is 3. The van der Waals surface area contributed by atoms with Crippen molar-refractivity contribution in [1.29, 1.82) is 0 Å². The summed E-state index contributed by atoms with van der Waals surface area (Å²) in [5, 5.41) is 12.1. The van der Waals surface area contributed by atoms with Crippen LogP contribution in [0.4, 0.5) is 18.9 Å². The van der Waals surface area contributed by atoms with Gasteiger partial charge in [0.25, 0.3) is 0 Å². The van der Waals surface area contributed by atoms with Gasteiger partial charge < -0.3 is 5.32 Å². The van der Waals surface area contributed by atoms with E-state index in [0.717, 1.165) is 41.1 Å². The maximum atomic E-state index is 13.0. The van der Waals surface area contributed by atoms with Crippen molar-refractivity contribution in [1.82, 2.24) is 15.2 Å². The highest BCUT2D eigenvalue weighted by Gasteiger charge is 2.31. The summed E-state index contributed by atoms with van der Waals surface area (Å²) in [5.74, 6) is -0.770. The van der Waals surface area contributed by atoms with E-state index in [0.29, 0.717) is 21.4 Å². The van der Waals surface area contributed by atoms with Gasteiger partial charge in [0, 0.05) is 21.2 Å². The van der Waals surface area contributed by atoms with Crippen molar-refractivity contribution in [3.63, 3.8) is 0 Å². The van der Waals surface area contributed by atoms with Crippen LogP contribution in [0.15, 0.2) is 71.9 Å². The normalized spacial score (nSPS) is 11.4. The highest BCUT2D eigenvalue weighted by Crippen LogP contribution is 2.34. The predicted molar refractivity (Wildman–Crippen MR) is 137 cm³/mol. The van der Waals surface area contributed by atoms with Crippen molar-refractivity contribution < 1.29 is 18.0 Å².